The number of fused-ring (bicyclic) bond motifs is 3. The molecule has 0 spiro atoms. The van der Waals surface area contributed by atoms with Crippen molar-refractivity contribution in [2.75, 3.05) is 11.9 Å². The van der Waals surface area contributed by atoms with Crippen LogP contribution in [0.25, 0.3) is 27.6 Å². The summed E-state index contributed by atoms with van der Waals surface area (Å²) in [6, 6.07) is 17.8. The molecule has 2 aliphatic rings. The highest BCUT2D eigenvalue weighted by atomic mass is 16.3. The maximum atomic E-state index is 6.47. The van der Waals surface area contributed by atoms with Crippen molar-refractivity contribution in [3.8, 4) is 0 Å². The largest absolute Gasteiger partial charge is 0.454 e. The molecule has 3 aromatic carbocycles. The van der Waals surface area contributed by atoms with Crippen molar-refractivity contribution in [3.63, 3.8) is 0 Å². The van der Waals surface area contributed by atoms with E-state index < -0.39 is 0 Å². The Balaban J connectivity index is 1.45. The Morgan fingerprint density at radius 3 is 2.00 bits per heavy atom. The zero-order valence-corrected chi connectivity index (χ0v) is 24.5. The molecule has 0 saturated heterocycles. The van der Waals surface area contributed by atoms with Crippen LogP contribution in [-0.2, 0) is 0 Å². The summed E-state index contributed by atoms with van der Waals surface area (Å²) in [6.45, 7) is 18.9. The van der Waals surface area contributed by atoms with Gasteiger partial charge in [0.1, 0.15) is 11.7 Å². The first kappa shape index (κ1) is 25.1. The lowest BCUT2D eigenvalue weighted by atomic mass is 9.81. The van der Waals surface area contributed by atoms with Crippen LogP contribution in [0.5, 0.6) is 0 Å². The zero-order chi connectivity index (χ0) is 27.0. The standard InChI is InChI=1S/C35H42N2O/c1-19-14-15-29-28-12-10-11-13-31(28)38-35(29)34(19)37-18-30(36(9)26(37)8)32-20(2)16-27(17-21(32)3)33-24(6)22(4)23(5)25(33)7/h10-18,22-26,33H,1-9H3. The van der Waals surface area contributed by atoms with Gasteiger partial charge >= 0.3 is 0 Å². The predicted octanol–water partition coefficient (Wildman–Crippen LogP) is 9.25. The quantitative estimate of drug-likeness (QED) is 0.276. The van der Waals surface area contributed by atoms with E-state index in [1.807, 2.05) is 6.07 Å². The second kappa shape index (κ2) is 8.93. The van der Waals surface area contributed by atoms with Crippen LogP contribution >= 0.6 is 0 Å². The van der Waals surface area contributed by atoms with Gasteiger partial charge in [-0.15, -0.1) is 0 Å². The number of hydrogen-bond acceptors (Lipinski definition) is 3. The summed E-state index contributed by atoms with van der Waals surface area (Å²) >= 11 is 0. The van der Waals surface area contributed by atoms with Crippen molar-refractivity contribution in [3.05, 3.63) is 82.5 Å². The normalized spacial score (nSPS) is 27.7. The molecule has 1 saturated carbocycles. The van der Waals surface area contributed by atoms with E-state index in [1.54, 1.807) is 0 Å². The fourth-order valence-corrected chi connectivity index (χ4v) is 7.70. The first-order valence-electron chi connectivity index (χ1n) is 14.4. The van der Waals surface area contributed by atoms with Gasteiger partial charge in [0.05, 0.1) is 11.4 Å². The molecule has 4 aromatic rings. The lowest BCUT2D eigenvalue weighted by Gasteiger charge is -2.30. The minimum atomic E-state index is 0.178. The van der Waals surface area contributed by atoms with Gasteiger partial charge in [-0.25, -0.2) is 0 Å². The number of hydrogen-bond donors (Lipinski definition) is 0. The average molecular weight is 507 g/mol. The molecule has 1 aromatic heterocycles. The maximum absolute atomic E-state index is 6.47. The van der Waals surface area contributed by atoms with Crippen LogP contribution in [0.2, 0.25) is 0 Å². The van der Waals surface area contributed by atoms with E-state index >= 15 is 0 Å². The van der Waals surface area contributed by atoms with Crippen LogP contribution in [0.3, 0.4) is 0 Å². The molecule has 1 aliphatic heterocycles. The molecule has 38 heavy (non-hydrogen) atoms. The third-order valence-corrected chi connectivity index (χ3v) is 10.4. The summed E-state index contributed by atoms with van der Waals surface area (Å²) in [5.41, 5.74) is 11.2. The lowest BCUT2D eigenvalue weighted by Crippen LogP contribution is -2.35. The average Bonchev–Trinajstić information content (AvgIpc) is 3.46. The first-order valence-corrected chi connectivity index (χ1v) is 14.4. The zero-order valence-electron chi connectivity index (χ0n) is 24.5. The predicted molar refractivity (Wildman–Crippen MR) is 161 cm³/mol. The SMILES string of the molecule is Cc1cc(C2C(C)C(C)C(C)C2C)cc(C)c1C1=CN(c2c(C)ccc3c2oc2ccccc23)C(C)N1C. The van der Waals surface area contributed by atoms with Gasteiger partial charge in [-0.05, 0) is 85.6 Å². The number of nitrogens with zero attached hydrogens (tertiary/aromatic N) is 2. The molecule has 5 unspecified atom stereocenters. The molecule has 0 N–H and O–H groups in total. The third-order valence-electron chi connectivity index (χ3n) is 10.4. The number of para-hydroxylation sites is 1. The Bertz CT molecular complexity index is 1540. The van der Waals surface area contributed by atoms with Gasteiger partial charge in [-0.1, -0.05) is 70.2 Å². The van der Waals surface area contributed by atoms with Crippen molar-refractivity contribution >= 4 is 33.3 Å². The lowest BCUT2D eigenvalue weighted by molar-refractivity contribution is 0.352. The molecule has 1 fully saturated rings. The molecular weight excluding hydrogens is 464 g/mol. The Morgan fingerprint density at radius 2 is 1.34 bits per heavy atom. The van der Waals surface area contributed by atoms with Crippen molar-refractivity contribution in [2.24, 2.45) is 23.7 Å². The van der Waals surface area contributed by atoms with Gasteiger partial charge in [-0.2, -0.15) is 0 Å². The Kier molecular flexibility index (Phi) is 5.90. The number of aryl methyl sites for hydroxylation is 3. The van der Waals surface area contributed by atoms with Crippen LogP contribution in [-0.4, -0.2) is 18.1 Å². The molecule has 3 nitrogen and oxygen atoms in total. The summed E-state index contributed by atoms with van der Waals surface area (Å²) < 4.78 is 6.47. The molecule has 0 amide bonds. The molecule has 1 aliphatic carbocycles. The fourth-order valence-electron chi connectivity index (χ4n) is 7.70. The van der Waals surface area contributed by atoms with Crippen LogP contribution in [0.4, 0.5) is 5.69 Å². The van der Waals surface area contributed by atoms with Gasteiger partial charge in [0.25, 0.3) is 0 Å². The highest BCUT2D eigenvalue weighted by Gasteiger charge is 2.42. The van der Waals surface area contributed by atoms with Crippen molar-refractivity contribution < 1.29 is 4.42 Å². The van der Waals surface area contributed by atoms with E-state index in [2.05, 4.69) is 121 Å². The van der Waals surface area contributed by atoms with E-state index in [-0.39, 0.29) is 6.17 Å². The number of benzene rings is 3. The summed E-state index contributed by atoms with van der Waals surface area (Å²) in [6.07, 6.45) is 2.53. The van der Waals surface area contributed by atoms with Crippen LogP contribution in [0.15, 0.2) is 59.1 Å². The van der Waals surface area contributed by atoms with E-state index in [4.69, 9.17) is 4.42 Å². The van der Waals surface area contributed by atoms with E-state index in [1.165, 1.54) is 44.3 Å². The Labute approximate surface area is 228 Å². The van der Waals surface area contributed by atoms with Crippen molar-refractivity contribution in [1.82, 2.24) is 4.90 Å². The molecule has 0 radical (unpaired) electrons. The molecule has 198 valence electrons. The van der Waals surface area contributed by atoms with Crippen molar-refractivity contribution in [2.45, 2.75) is 67.5 Å². The molecule has 3 heteroatoms. The van der Waals surface area contributed by atoms with Crippen LogP contribution in [0, 0.1) is 44.4 Å². The Morgan fingerprint density at radius 1 is 0.711 bits per heavy atom. The van der Waals surface area contributed by atoms with Gasteiger partial charge < -0.3 is 14.2 Å². The number of rotatable bonds is 3. The molecule has 2 heterocycles. The van der Waals surface area contributed by atoms with Gasteiger partial charge in [-0.3, -0.25) is 0 Å². The van der Waals surface area contributed by atoms with E-state index in [0.29, 0.717) is 17.8 Å². The topological polar surface area (TPSA) is 19.6 Å². The second-order valence-electron chi connectivity index (χ2n) is 12.4. The van der Waals surface area contributed by atoms with Crippen LogP contribution < -0.4 is 4.90 Å². The maximum Gasteiger partial charge on any atom is 0.159 e. The van der Waals surface area contributed by atoms with Gasteiger partial charge in [0.15, 0.2) is 5.58 Å². The molecule has 5 atom stereocenters. The summed E-state index contributed by atoms with van der Waals surface area (Å²) in [5.74, 6) is 3.57. The summed E-state index contributed by atoms with van der Waals surface area (Å²) in [5, 5.41) is 2.35. The molecule has 0 bridgehead atoms. The van der Waals surface area contributed by atoms with Gasteiger partial charge in [0, 0.05) is 29.6 Å². The minimum absolute atomic E-state index is 0.178. The summed E-state index contributed by atoms with van der Waals surface area (Å²) in [4.78, 5) is 4.83. The van der Waals surface area contributed by atoms with E-state index in [0.717, 1.165) is 28.7 Å². The fraction of sp³-hybridized carbons (Fsp3) is 0.429. The minimum Gasteiger partial charge on any atom is -0.454 e. The van der Waals surface area contributed by atoms with Gasteiger partial charge in [0.2, 0.25) is 0 Å². The Hall–Kier alpha value is -3.20. The van der Waals surface area contributed by atoms with Crippen LogP contribution in [0.1, 0.15) is 68.4 Å². The smallest absolute Gasteiger partial charge is 0.159 e. The third kappa shape index (κ3) is 3.54. The molecular formula is C35H42N2O. The number of furan rings is 1. The second-order valence-corrected chi connectivity index (χ2v) is 12.4. The molecule has 6 rings (SSSR count). The summed E-state index contributed by atoms with van der Waals surface area (Å²) in [7, 11) is 2.22. The highest BCUT2D eigenvalue weighted by Crippen LogP contribution is 2.51. The van der Waals surface area contributed by atoms with Crippen molar-refractivity contribution in [1.29, 1.82) is 0 Å². The first-order chi connectivity index (χ1) is 18.1. The monoisotopic (exact) mass is 506 g/mol. The number of anilines is 1. The van der Waals surface area contributed by atoms with E-state index in [9.17, 15) is 0 Å². The highest BCUT2D eigenvalue weighted by molar-refractivity contribution is 6.10.